The number of hydrogen-bond donors (Lipinski definition) is 1. The number of amides is 1. The maximum absolute atomic E-state index is 12.7. The molecule has 142 valence electrons. The van der Waals surface area contributed by atoms with Crippen molar-refractivity contribution in [3.8, 4) is 0 Å². The Bertz CT molecular complexity index is 914. The van der Waals surface area contributed by atoms with Crippen molar-refractivity contribution >= 4 is 17.3 Å². The fourth-order valence-electron chi connectivity index (χ4n) is 3.58. The van der Waals surface area contributed by atoms with Crippen molar-refractivity contribution in [1.29, 1.82) is 0 Å². The summed E-state index contributed by atoms with van der Waals surface area (Å²) in [4.78, 5) is 33.3. The van der Waals surface area contributed by atoms with Crippen LogP contribution in [0.4, 0.5) is 11.4 Å². The smallest absolute Gasteiger partial charge is 0.277 e. The molecule has 0 bridgehead atoms. The van der Waals surface area contributed by atoms with Crippen LogP contribution in [0.2, 0.25) is 0 Å². The Morgan fingerprint density at radius 3 is 2.33 bits per heavy atom. The second-order valence-corrected chi connectivity index (χ2v) is 7.58. The molecule has 1 heterocycles. The fraction of sp³-hybridized carbons (Fsp3) is 0.389. The van der Waals surface area contributed by atoms with Crippen molar-refractivity contribution in [2.24, 2.45) is 5.41 Å². The number of nitrogens with zero attached hydrogens (tertiary/aromatic N) is 2. The maximum atomic E-state index is 12.7. The summed E-state index contributed by atoms with van der Waals surface area (Å²) in [6.45, 7) is 6.01. The van der Waals surface area contributed by atoms with Crippen LogP contribution in [0.3, 0.4) is 0 Å². The molecule has 0 aliphatic heterocycles. The van der Waals surface area contributed by atoms with Gasteiger partial charge in [0, 0.05) is 24.1 Å². The molecule has 1 aliphatic rings. The average molecular weight is 373 g/mol. The molecule has 2 aromatic rings. The van der Waals surface area contributed by atoms with Crippen LogP contribution in [-0.2, 0) is 6.42 Å². The number of benzene rings is 1. The van der Waals surface area contributed by atoms with Gasteiger partial charge in [0.2, 0.25) is 0 Å². The van der Waals surface area contributed by atoms with Crippen LogP contribution in [0.25, 0.3) is 0 Å². The predicted molar refractivity (Wildman–Crippen MR) is 95.5 cm³/mol. The topological polar surface area (TPSA) is 129 Å². The standard InChI is InChI=1S/C18H19N3O6/c1-10-9-27-15-8-18(2,3)7-14(16(10)15)19-17(22)11-4-12(20(23)24)6-13(5-11)21(25)26/h4-6,9,14H,7-8H2,1-3H3,(H,19,22). The lowest BCUT2D eigenvalue weighted by Gasteiger charge is -2.35. The third-order valence-corrected chi connectivity index (χ3v) is 4.74. The number of carbonyl (C=O) groups is 1. The SMILES string of the molecule is Cc1coc2c1C(NC(=O)c1cc([N+](=O)[O-])cc([N+](=O)[O-])c1)CC(C)(C)C2. The summed E-state index contributed by atoms with van der Waals surface area (Å²) in [5, 5.41) is 24.9. The monoisotopic (exact) mass is 373 g/mol. The molecular formula is C18H19N3O6. The zero-order valence-corrected chi connectivity index (χ0v) is 15.1. The van der Waals surface area contributed by atoms with E-state index in [0.29, 0.717) is 6.42 Å². The predicted octanol–water partition coefficient (Wildman–Crippen LogP) is 3.85. The zero-order valence-electron chi connectivity index (χ0n) is 15.1. The number of non-ortho nitro benzene ring substituents is 2. The van der Waals surface area contributed by atoms with Crippen molar-refractivity contribution in [3.63, 3.8) is 0 Å². The molecule has 0 radical (unpaired) electrons. The zero-order chi connectivity index (χ0) is 19.9. The van der Waals surface area contributed by atoms with Crippen LogP contribution in [0.1, 0.15) is 53.6 Å². The maximum Gasteiger partial charge on any atom is 0.277 e. The summed E-state index contributed by atoms with van der Waals surface area (Å²) in [5.74, 6) is 0.204. The molecule has 3 rings (SSSR count). The number of aryl methyl sites for hydroxylation is 1. The van der Waals surface area contributed by atoms with Gasteiger partial charge in [-0.1, -0.05) is 13.8 Å². The van der Waals surface area contributed by atoms with E-state index in [1.54, 1.807) is 6.26 Å². The minimum Gasteiger partial charge on any atom is -0.469 e. The minimum atomic E-state index is -0.758. The van der Waals surface area contributed by atoms with Crippen LogP contribution in [0.15, 0.2) is 28.9 Å². The van der Waals surface area contributed by atoms with Crippen LogP contribution in [-0.4, -0.2) is 15.8 Å². The highest BCUT2D eigenvalue weighted by molar-refractivity contribution is 5.96. The summed E-state index contributed by atoms with van der Waals surface area (Å²) in [6, 6.07) is 2.57. The summed E-state index contributed by atoms with van der Waals surface area (Å²) in [5.41, 5.74) is 0.585. The van der Waals surface area contributed by atoms with E-state index in [4.69, 9.17) is 4.42 Å². The first-order chi connectivity index (χ1) is 12.6. The molecule has 0 spiro atoms. The fourth-order valence-corrected chi connectivity index (χ4v) is 3.58. The summed E-state index contributed by atoms with van der Waals surface area (Å²) in [6.07, 6.45) is 3.04. The van der Waals surface area contributed by atoms with E-state index in [1.807, 2.05) is 6.92 Å². The van der Waals surface area contributed by atoms with Crippen molar-refractivity contribution in [1.82, 2.24) is 5.32 Å². The molecule has 0 fully saturated rings. The Morgan fingerprint density at radius 2 is 1.78 bits per heavy atom. The molecule has 1 aromatic heterocycles. The number of hydrogen-bond acceptors (Lipinski definition) is 6. The highest BCUT2D eigenvalue weighted by Crippen LogP contribution is 2.43. The Morgan fingerprint density at radius 1 is 1.19 bits per heavy atom. The number of nitro groups is 2. The largest absolute Gasteiger partial charge is 0.469 e. The van der Waals surface area contributed by atoms with Crippen LogP contribution in [0.5, 0.6) is 0 Å². The van der Waals surface area contributed by atoms with Gasteiger partial charge in [-0.05, 0) is 24.3 Å². The van der Waals surface area contributed by atoms with E-state index in [2.05, 4.69) is 19.2 Å². The number of fused-ring (bicyclic) bond motifs is 1. The first-order valence-electron chi connectivity index (χ1n) is 8.39. The average Bonchev–Trinajstić information content (AvgIpc) is 2.93. The Balaban J connectivity index is 1.95. The lowest BCUT2D eigenvalue weighted by Crippen LogP contribution is -2.36. The molecule has 1 N–H and O–H groups in total. The van der Waals surface area contributed by atoms with Crippen molar-refractivity contribution in [2.75, 3.05) is 0 Å². The second kappa shape index (κ2) is 6.49. The summed E-state index contributed by atoms with van der Waals surface area (Å²) >= 11 is 0. The first-order valence-corrected chi connectivity index (χ1v) is 8.39. The van der Waals surface area contributed by atoms with Gasteiger partial charge in [-0.25, -0.2) is 0 Å². The molecular weight excluding hydrogens is 354 g/mol. The minimum absolute atomic E-state index is 0.107. The van der Waals surface area contributed by atoms with Gasteiger partial charge < -0.3 is 9.73 Å². The number of furan rings is 1. The molecule has 9 nitrogen and oxygen atoms in total. The van der Waals surface area contributed by atoms with E-state index in [0.717, 1.165) is 41.5 Å². The number of rotatable bonds is 4. The lowest BCUT2D eigenvalue weighted by atomic mass is 9.74. The van der Waals surface area contributed by atoms with E-state index in [9.17, 15) is 25.0 Å². The van der Waals surface area contributed by atoms with Gasteiger partial charge >= 0.3 is 0 Å². The van der Waals surface area contributed by atoms with Gasteiger partial charge in [-0.3, -0.25) is 25.0 Å². The Labute approximate surface area is 154 Å². The lowest BCUT2D eigenvalue weighted by molar-refractivity contribution is -0.394. The summed E-state index contributed by atoms with van der Waals surface area (Å²) < 4.78 is 5.61. The molecule has 27 heavy (non-hydrogen) atoms. The molecule has 0 saturated heterocycles. The van der Waals surface area contributed by atoms with Crippen LogP contribution >= 0.6 is 0 Å². The third kappa shape index (κ3) is 3.67. The molecule has 0 saturated carbocycles. The van der Waals surface area contributed by atoms with E-state index in [-0.39, 0.29) is 17.0 Å². The third-order valence-electron chi connectivity index (χ3n) is 4.74. The molecule has 1 amide bonds. The van der Waals surface area contributed by atoms with Gasteiger partial charge in [0.15, 0.2) is 0 Å². The number of nitrogens with one attached hydrogen (secondary N) is 1. The van der Waals surface area contributed by atoms with E-state index < -0.39 is 27.1 Å². The van der Waals surface area contributed by atoms with Gasteiger partial charge in [0.25, 0.3) is 17.3 Å². The van der Waals surface area contributed by atoms with Crippen molar-refractivity contribution in [2.45, 2.75) is 39.7 Å². The highest BCUT2D eigenvalue weighted by atomic mass is 16.6. The van der Waals surface area contributed by atoms with Crippen molar-refractivity contribution in [3.05, 3.63) is 67.1 Å². The van der Waals surface area contributed by atoms with Gasteiger partial charge in [0.1, 0.15) is 5.76 Å². The number of carbonyl (C=O) groups excluding carboxylic acids is 1. The van der Waals surface area contributed by atoms with Gasteiger partial charge in [-0.2, -0.15) is 0 Å². The van der Waals surface area contributed by atoms with Gasteiger partial charge in [0.05, 0.1) is 33.8 Å². The normalized spacial score (nSPS) is 17.8. The summed E-state index contributed by atoms with van der Waals surface area (Å²) in [7, 11) is 0. The molecule has 9 heteroatoms. The van der Waals surface area contributed by atoms with Crippen LogP contribution < -0.4 is 5.32 Å². The Hall–Kier alpha value is -3.23. The second-order valence-electron chi connectivity index (χ2n) is 7.58. The first kappa shape index (κ1) is 18.6. The number of nitro benzene ring substituents is 2. The van der Waals surface area contributed by atoms with E-state index in [1.165, 1.54) is 0 Å². The molecule has 1 unspecified atom stereocenters. The molecule has 1 aromatic carbocycles. The quantitative estimate of drug-likeness (QED) is 0.640. The van der Waals surface area contributed by atoms with Crippen LogP contribution in [0, 0.1) is 32.6 Å². The molecule has 1 atom stereocenters. The van der Waals surface area contributed by atoms with E-state index >= 15 is 0 Å². The Kier molecular flexibility index (Phi) is 4.46. The van der Waals surface area contributed by atoms with Crippen molar-refractivity contribution < 1.29 is 19.1 Å². The molecule has 1 aliphatic carbocycles. The highest BCUT2D eigenvalue weighted by Gasteiger charge is 2.36. The van der Waals surface area contributed by atoms with Gasteiger partial charge in [-0.15, -0.1) is 0 Å².